The Morgan fingerprint density at radius 2 is 2.00 bits per heavy atom. The first kappa shape index (κ1) is 16.2. The highest BCUT2D eigenvalue weighted by atomic mass is 16.5. The van der Waals surface area contributed by atoms with Crippen LogP contribution < -0.4 is 19.5 Å². The number of hydrogen-bond donors (Lipinski definition) is 1. The van der Waals surface area contributed by atoms with Crippen molar-refractivity contribution in [2.24, 2.45) is 0 Å². The number of hydrogen-bond acceptors (Lipinski definition) is 4. The number of nitrogens with one attached hydrogen (secondary N) is 1. The van der Waals surface area contributed by atoms with Crippen LogP contribution in [0.1, 0.15) is 42.4 Å². The summed E-state index contributed by atoms with van der Waals surface area (Å²) in [5.41, 5.74) is 1.34. The Hall–Kier alpha value is -2.69. The van der Waals surface area contributed by atoms with Gasteiger partial charge in [-0.1, -0.05) is 19.1 Å². The summed E-state index contributed by atoms with van der Waals surface area (Å²) in [5.74, 6) is 1.72. The zero-order chi connectivity index (χ0) is 17.1. The van der Waals surface area contributed by atoms with Crippen molar-refractivity contribution in [3.63, 3.8) is 0 Å². The summed E-state index contributed by atoms with van der Waals surface area (Å²) < 4.78 is 17.2. The van der Waals surface area contributed by atoms with Crippen molar-refractivity contribution < 1.29 is 19.0 Å². The molecule has 5 nitrogen and oxygen atoms in total. The first-order chi connectivity index (χ1) is 11.6. The summed E-state index contributed by atoms with van der Waals surface area (Å²) in [6.45, 7) is 4.07. The van der Waals surface area contributed by atoms with Gasteiger partial charge in [0.05, 0.1) is 18.8 Å². The van der Waals surface area contributed by atoms with Crippen molar-refractivity contribution >= 4 is 5.91 Å². The fourth-order valence-corrected chi connectivity index (χ4v) is 2.51. The van der Waals surface area contributed by atoms with Crippen LogP contribution in [0.15, 0.2) is 42.5 Å². The van der Waals surface area contributed by atoms with Gasteiger partial charge in [0.1, 0.15) is 5.75 Å². The molecule has 1 N–H and O–H groups in total. The minimum atomic E-state index is -0.557. The van der Waals surface area contributed by atoms with Gasteiger partial charge in [-0.25, -0.2) is 0 Å². The van der Waals surface area contributed by atoms with Gasteiger partial charge in [-0.15, -0.1) is 0 Å². The molecule has 0 fully saturated rings. The van der Waals surface area contributed by atoms with Gasteiger partial charge < -0.3 is 19.5 Å². The van der Waals surface area contributed by atoms with E-state index in [9.17, 15) is 4.79 Å². The summed E-state index contributed by atoms with van der Waals surface area (Å²) in [6.07, 6.45) is 0.449. The van der Waals surface area contributed by atoms with Crippen LogP contribution in [-0.4, -0.2) is 19.1 Å². The highest BCUT2D eigenvalue weighted by Gasteiger charge is 2.27. The lowest BCUT2D eigenvalue weighted by Gasteiger charge is -2.27. The largest absolute Gasteiger partial charge is 0.493 e. The molecule has 2 aromatic carbocycles. The molecule has 1 amide bonds. The van der Waals surface area contributed by atoms with Crippen LogP contribution in [0.5, 0.6) is 17.2 Å². The number of carbonyl (C=O) groups is 1. The summed E-state index contributed by atoms with van der Waals surface area (Å²) >= 11 is 0. The van der Waals surface area contributed by atoms with Crippen molar-refractivity contribution in [1.29, 1.82) is 0 Å². The molecule has 3 rings (SSSR count). The van der Waals surface area contributed by atoms with Crippen molar-refractivity contribution in [3.8, 4) is 17.2 Å². The second kappa shape index (κ2) is 6.83. The smallest absolute Gasteiger partial charge is 0.258 e. The highest BCUT2D eigenvalue weighted by Crippen LogP contribution is 2.34. The Kier molecular flexibility index (Phi) is 4.60. The first-order valence-corrected chi connectivity index (χ1v) is 8.03. The second-order valence-corrected chi connectivity index (χ2v) is 5.71. The quantitative estimate of drug-likeness (QED) is 0.910. The minimum Gasteiger partial charge on any atom is -0.493 e. The van der Waals surface area contributed by atoms with Crippen LogP contribution in [0.4, 0.5) is 0 Å². The predicted octanol–water partition coefficient (Wildman–Crippen LogP) is 3.69. The Bertz CT molecular complexity index is 744. The highest BCUT2D eigenvalue weighted by molar-refractivity contribution is 5.98. The lowest BCUT2D eigenvalue weighted by Crippen LogP contribution is -2.36. The average Bonchev–Trinajstić information content (AvgIpc) is 2.61. The van der Waals surface area contributed by atoms with Crippen molar-refractivity contribution in [3.05, 3.63) is 53.6 Å². The van der Waals surface area contributed by atoms with E-state index in [0.717, 1.165) is 12.0 Å². The Labute approximate surface area is 141 Å². The van der Waals surface area contributed by atoms with E-state index < -0.39 is 6.23 Å². The van der Waals surface area contributed by atoms with Crippen LogP contribution >= 0.6 is 0 Å². The average molecular weight is 327 g/mol. The summed E-state index contributed by atoms with van der Waals surface area (Å²) in [6, 6.07) is 12.7. The van der Waals surface area contributed by atoms with E-state index in [0.29, 0.717) is 22.8 Å². The maximum Gasteiger partial charge on any atom is 0.258 e. The van der Waals surface area contributed by atoms with E-state index >= 15 is 0 Å². The number of amides is 1. The van der Waals surface area contributed by atoms with E-state index in [1.807, 2.05) is 37.3 Å². The van der Waals surface area contributed by atoms with E-state index in [2.05, 4.69) is 12.2 Å². The molecule has 0 saturated carbocycles. The van der Waals surface area contributed by atoms with E-state index in [4.69, 9.17) is 14.2 Å². The summed E-state index contributed by atoms with van der Waals surface area (Å²) in [5, 5.41) is 2.85. The Morgan fingerprint density at radius 1 is 1.21 bits per heavy atom. The molecule has 0 bridgehead atoms. The third-order valence-electron chi connectivity index (χ3n) is 4.03. The van der Waals surface area contributed by atoms with Crippen molar-refractivity contribution in [1.82, 2.24) is 5.32 Å². The number of rotatable bonds is 5. The fourth-order valence-electron chi connectivity index (χ4n) is 2.51. The molecule has 0 aromatic heterocycles. The normalized spacial score (nSPS) is 17.3. The standard InChI is InChI=1S/C19H21NO4/c1-4-12(2)23-16-10-9-13(11-17(16)22-3)19-20-18(21)14-7-5-6-8-15(14)24-19/h5-12,19H,4H2,1-3H3,(H,20,21)/t12-,19-/m0/s1. The summed E-state index contributed by atoms with van der Waals surface area (Å²) in [7, 11) is 1.60. The SMILES string of the molecule is CC[C@H](C)Oc1ccc([C@H]2NC(=O)c3ccccc3O2)cc1OC. The number of methoxy groups -OCH3 is 1. The van der Waals surface area contributed by atoms with Gasteiger partial charge in [0.25, 0.3) is 5.91 Å². The van der Waals surface area contributed by atoms with Gasteiger partial charge in [-0.3, -0.25) is 4.79 Å². The number of carbonyl (C=O) groups excluding carboxylic acids is 1. The molecule has 126 valence electrons. The molecule has 1 aliphatic heterocycles. The summed E-state index contributed by atoms with van der Waals surface area (Å²) in [4.78, 5) is 12.2. The van der Waals surface area contributed by atoms with Gasteiger partial charge in [0.15, 0.2) is 17.7 Å². The van der Waals surface area contributed by atoms with Crippen LogP contribution in [-0.2, 0) is 0 Å². The predicted molar refractivity (Wildman–Crippen MR) is 90.7 cm³/mol. The lowest BCUT2D eigenvalue weighted by atomic mass is 10.1. The van der Waals surface area contributed by atoms with Crippen LogP contribution in [0.3, 0.4) is 0 Å². The molecule has 24 heavy (non-hydrogen) atoms. The second-order valence-electron chi connectivity index (χ2n) is 5.71. The van der Waals surface area contributed by atoms with Gasteiger partial charge in [0.2, 0.25) is 0 Å². The van der Waals surface area contributed by atoms with Crippen LogP contribution in [0.2, 0.25) is 0 Å². The molecule has 0 aliphatic carbocycles. The van der Waals surface area contributed by atoms with E-state index in [-0.39, 0.29) is 12.0 Å². The first-order valence-electron chi connectivity index (χ1n) is 8.03. The van der Waals surface area contributed by atoms with Gasteiger partial charge in [-0.2, -0.15) is 0 Å². The van der Waals surface area contributed by atoms with E-state index in [1.165, 1.54) is 0 Å². The van der Waals surface area contributed by atoms with Crippen molar-refractivity contribution in [2.75, 3.05) is 7.11 Å². The molecule has 0 spiro atoms. The number of ether oxygens (including phenoxy) is 3. The lowest BCUT2D eigenvalue weighted by molar-refractivity contribution is 0.0755. The molecule has 1 heterocycles. The van der Waals surface area contributed by atoms with Gasteiger partial charge >= 0.3 is 0 Å². The minimum absolute atomic E-state index is 0.0993. The van der Waals surface area contributed by atoms with Gasteiger partial charge in [-0.05, 0) is 43.7 Å². The molecular weight excluding hydrogens is 306 g/mol. The zero-order valence-corrected chi connectivity index (χ0v) is 14.0. The monoisotopic (exact) mass is 327 g/mol. The maximum atomic E-state index is 12.2. The molecule has 2 aromatic rings. The van der Waals surface area contributed by atoms with E-state index in [1.54, 1.807) is 19.2 Å². The molecule has 5 heteroatoms. The molecule has 0 saturated heterocycles. The zero-order valence-electron chi connectivity index (χ0n) is 14.0. The molecule has 0 unspecified atom stereocenters. The molecule has 0 radical (unpaired) electrons. The number of para-hydroxylation sites is 1. The van der Waals surface area contributed by atoms with Crippen molar-refractivity contribution in [2.45, 2.75) is 32.6 Å². The fraction of sp³-hybridized carbons (Fsp3) is 0.316. The third kappa shape index (κ3) is 3.15. The Balaban J connectivity index is 1.87. The Morgan fingerprint density at radius 3 is 2.75 bits per heavy atom. The third-order valence-corrected chi connectivity index (χ3v) is 4.03. The van der Waals surface area contributed by atoms with Crippen LogP contribution in [0.25, 0.3) is 0 Å². The molecule has 1 aliphatic rings. The molecular formula is C19H21NO4. The van der Waals surface area contributed by atoms with Gasteiger partial charge in [0, 0.05) is 5.56 Å². The van der Waals surface area contributed by atoms with Crippen LogP contribution in [0, 0.1) is 0 Å². The number of benzene rings is 2. The topological polar surface area (TPSA) is 56.8 Å². The maximum absolute atomic E-state index is 12.2. The number of fused-ring (bicyclic) bond motifs is 1. The molecule has 2 atom stereocenters.